The van der Waals surface area contributed by atoms with Crippen LogP contribution in [0, 0.1) is 0 Å². The van der Waals surface area contributed by atoms with E-state index < -0.39 is 0 Å². The van der Waals surface area contributed by atoms with Gasteiger partial charge in [0.25, 0.3) is 0 Å². The third kappa shape index (κ3) is 3.15. The summed E-state index contributed by atoms with van der Waals surface area (Å²) in [5, 5.41) is 0.865. The van der Waals surface area contributed by atoms with E-state index in [2.05, 4.69) is 28.5 Å². The molecule has 4 heteroatoms. The Morgan fingerprint density at radius 3 is 2.89 bits per heavy atom. The van der Waals surface area contributed by atoms with Gasteiger partial charge in [-0.1, -0.05) is 25.8 Å². The fraction of sp³-hybridized carbons (Fsp3) is 0.333. The van der Waals surface area contributed by atoms with Gasteiger partial charge in [-0.05, 0) is 24.6 Å². The molecule has 0 unspecified atom stereocenters. The first-order valence-corrected chi connectivity index (χ1v) is 7.02. The molecule has 0 aliphatic carbocycles. The molecule has 0 aliphatic rings. The van der Waals surface area contributed by atoms with Gasteiger partial charge in [0.1, 0.15) is 11.3 Å². The first kappa shape index (κ1) is 14.1. The summed E-state index contributed by atoms with van der Waals surface area (Å²) >= 11 is 2.22. The van der Waals surface area contributed by atoms with Crippen molar-refractivity contribution in [3.05, 3.63) is 36.0 Å². The van der Waals surface area contributed by atoms with Crippen LogP contribution in [0.4, 0.5) is 0 Å². The fourth-order valence-electron chi connectivity index (χ4n) is 2.16. The molecule has 0 atom stereocenters. The van der Waals surface area contributed by atoms with Gasteiger partial charge in [-0.15, -0.1) is 0 Å². The molecule has 0 saturated heterocycles. The molecule has 19 heavy (non-hydrogen) atoms. The molecule has 0 aliphatic heterocycles. The Morgan fingerprint density at radius 1 is 1.32 bits per heavy atom. The number of unbranched alkanes of at least 4 members (excludes halogenated alkanes) is 2. The highest BCUT2D eigenvalue weighted by molar-refractivity contribution is 6.09. The lowest BCUT2D eigenvalue weighted by Crippen LogP contribution is -2.01. The number of ketones is 1. The second-order valence-corrected chi connectivity index (χ2v) is 4.74. The van der Waals surface area contributed by atoms with Crippen molar-refractivity contribution in [3.8, 4) is 5.75 Å². The molecule has 0 spiro atoms. The van der Waals surface area contributed by atoms with E-state index in [0.717, 1.165) is 35.7 Å². The number of Topliss-reactive ketones (excluding diaryl/α,β-unsaturated/α-hetero) is 1. The summed E-state index contributed by atoms with van der Waals surface area (Å²) < 4.78 is 5.20. The molecule has 0 bridgehead atoms. The van der Waals surface area contributed by atoms with Crippen molar-refractivity contribution in [1.82, 2.24) is 4.98 Å². The zero-order chi connectivity index (χ0) is 13.7. The molecule has 2 rings (SSSR count). The minimum absolute atomic E-state index is 0.182. The number of pyridine rings is 1. The summed E-state index contributed by atoms with van der Waals surface area (Å²) in [6, 6.07) is 7.40. The Balaban J connectivity index is 2.36. The number of rotatable bonds is 6. The molecule has 3 nitrogen and oxygen atoms in total. The molecule has 0 amide bonds. The average Bonchev–Trinajstić information content (AvgIpc) is 2.46. The minimum atomic E-state index is 0.182. The highest BCUT2D eigenvalue weighted by atomic mass is 27.1. The van der Waals surface area contributed by atoms with Crippen molar-refractivity contribution in [2.24, 2.45) is 0 Å². The molecule has 1 aromatic heterocycles. The molecule has 96 valence electrons. The largest absolute Gasteiger partial charge is 0.652 e. The standard InChI is InChI=1S/C15H17NO2.Al/c1-2-3-4-7-13(17)11-8-9-14(18)15-12(11)6-5-10-16-15;/h5-6,8-10,18H,2-4,7H2,1H3;/q;+1/p-1. The summed E-state index contributed by atoms with van der Waals surface area (Å²) in [6.45, 7) is 2.13. The number of carbonyl (C=O) groups excluding carboxylic acids is 1. The summed E-state index contributed by atoms with van der Waals surface area (Å²) in [5.41, 5.74) is 1.48. The highest BCUT2D eigenvalue weighted by Gasteiger charge is 2.12. The predicted molar refractivity (Wildman–Crippen MR) is 76.6 cm³/mol. The van der Waals surface area contributed by atoms with E-state index in [1.807, 2.05) is 18.2 Å². The molecular weight excluding hydrogens is 253 g/mol. The Bertz CT molecular complexity index is 583. The van der Waals surface area contributed by atoms with E-state index in [4.69, 9.17) is 3.79 Å². The minimum Gasteiger partial charge on any atom is -0.652 e. The van der Waals surface area contributed by atoms with Crippen LogP contribution < -0.4 is 3.79 Å². The predicted octanol–water partition coefficient (Wildman–Crippen LogP) is 3.46. The van der Waals surface area contributed by atoms with Crippen molar-refractivity contribution >= 4 is 33.3 Å². The molecule has 0 saturated carbocycles. The summed E-state index contributed by atoms with van der Waals surface area (Å²) in [7, 11) is 0. The molecule has 2 radical (unpaired) electrons. The van der Waals surface area contributed by atoms with E-state index in [9.17, 15) is 4.79 Å². The van der Waals surface area contributed by atoms with E-state index >= 15 is 0 Å². The number of carbonyl (C=O) groups is 1. The van der Waals surface area contributed by atoms with E-state index in [1.54, 1.807) is 12.3 Å². The van der Waals surface area contributed by atoms with Crippen molar-refractivity contribution in [3.63, 3.8) is 0 Å². The summed E-state index contributed by atoms with van der Waals surface area (Å²) in [5.74, 6) is 0.854. The Hall–Kier alpha value is -1.37. The molecule has 2 aromatic rings. The average molecular weight is 269 g/mol. The monoisotopic (exact) mass is 269 g/mol. The van der Waals surface area contributed by atoms with E-state index in [-0.39, 0.29) is 5.78 Å². The van der Waals surface area contributed by atoms with Gasteiger partial charge < -0.3 is 3.79 Å². The van der Waals surface area contributed by atoms with Gasteiger partial charge in [-0.25, -0.2) is 0 Å². The Labute approximate surface area is 121 Å². The third-order valence-electron chi connectivity index (χ3n) is 3.17. The van der Waals surface area contributed by atoms with Crippen LogP contribution in [0.25, 0.3) is 10.9 Å². The second-order valence-electron chi connectivity index (χ2n) is 4.51. The van der Waals surface area contributed by atoms with Crippen LogP contribution in [-0.2, 0) is 0 Å². The van der Waals surface area contributed by atoms with E-state index in [1.165, 1.54) is 0 Å². The van der Waals surface area contributed by atoms with Gasteiger partial charge in [-0.2, -0.15) is 0 Å². The summed E-state index contributed by atoms with van der Waals surface area (Å²) in [4.78, 5) is 16.6. The quantitative estimate of drug-likeness (QED) is 0.458. The lowest BCUT2D eigenvalue weighted by Gasteiger charge is -2.10. The maximum atomic E-state index is 12.3. The van der Waals surface area contributed by atoms with Crippen LogP contribution in [0.3, 0.4) is 0 Å². The zero-order valence-electron chi connectivity index (χ0n) is 11.1. The van der Waals surface area contributed by atoms with Gasteiger partial charge in [0.15, 0.2) is 5.78 Å². The number of fused-ring (bicyclic) bond motifs is 1. The lowest BCUT2D eigenvalue weighted by atomic mass is 10.00. The Morgan fingerprint density at radius 2 is 2.16 bits per heavy atom. The van der Waals surface area contributed by atoms with Crippen LogP contribution in [0.1, 0.15) is 43.0 Å². The third-order valence-corrected chi connectivity index (χ3v) is 3.42. The normalized spacial score (nSPS) is 10.6. The molecule has 1 heterocycles. The van der Waals surface area contributed by atoms with Crippen molar-refractivity contribution < 1.29 is 8.58 Å². The van der Waals surface area contributed by atoms with Crippen LogP contribution >= 0.6 is 0 Å². The Kier molecular flexibility index (Phi) is 4.95. The number of nitrogens with zero attached hydrogens (tertiary/aromatic N) is 1. The second kappa shape index (κ2) is 6.70. The smallest absolute Gasteiger partial charge is 0.482 e. The van der Waals surface area contributed by atoms with Crippen LogP contribution in [-0.4, -0.2) is 27.4 Å². The molecular formula is C15H16AlNO2. The van der Waals surface area contributed by atoms with Crippen molar-refractivity contribution in [2.45, 2.75) is 32.6 Å². The summed E-state index contributed by atoms with van der Waals surface area (Å²) in [6.07, 6.45) is 5.46. The first-order valence-electron chi connectivity index (χ1n) is 6.55. The number of hydrogen-bond acceptors (Lipinski definition) is 3. The molecule has 1 aromatic carbocycles. The number of aromatic nitrogens is 1. The SMILES string of the molecule is CCCCCC(=O)c1ccc([O][Al])c2ncccc12. The van der Waals surface area contributed by atoms with Crippen LogP contribution in [0.2, 0.25) is 0 Å². The molecule has 0 fully saturated rings. The maximum Gasteiger partial charge on any atom is 0.482 e. The highest BCUT2D eigenvalue weighted by Crippen LogP contribution is 2.27. The lowest BCUT2D eigenvalue weighted by molar-refractivity contribution is 0.0981. The van der Waals surface area contributed by atoms with Crippen molar-refractivity contribution in [2.75, 3.05) is 0 Å². The van der Waals surface area contributed by atoms with Crippen LogP contribution in [0.15, 0.2) is 30.5 Å². The van der Waals surface area contributed by atoms with Gasteiger partial charge in [0, 0.05) is 23.6 Å². The van der Waals surface area contributed by atoms with Gasteiger partial charge in [-0.3, -0.25) is 9.78 Å². The van der Waals surface area contributed by atoms with E-state index in [0.29, 0.717) is 12.2 Å². The fourth-order valence-corrected chi connectivity index (χ4v) is 2.35. The number of hydrogen-bond donors (Lipinski definition) is 0. The number of benzene rings is 1. The van der Waals surface area contributed by atoms with Gasteiger partial charge in [0.2, 0.25) is 0 Å². The molecule has 0 N–H and O–H groups in total. The zero-order valence-corrected chi connectivity index (χ0v) is 12.2. The van der Waals surface area contributed by atoms with Gasteiger partial charge in [0.05, 0.1) is 0 Å². The van der Waals surface area contributed by atoms with Gasteiger partial charge >= 0.3 is 16.6 Å². The maximum absolute atomic E-state index is 12.3. The topological polar surface area (TPSA) is 39.2 Å². The van der Waals surface area contributed by atoms with Crippen molar-refractivity contribution in [1.29, 1.82) is 0 Å². The first-order chi connectivity index (χ1) is 9.27. The van der Waals surface area contributed by atoms with Crippen LogP contribution in [0.5, 0.6) is 5.75 Å².